The summed E-state index contributed by atoms with van der Waals surface area (Å²) in [4.78, 5) is 15.5. The largest absolute Gasteiger partial charge is 0.483 e. The van der Waals surface area contributed by atoms with Crippen molar-refractivity contribution in [2.75, 3.05) is 19.8 Å². The summed E-state index contributed by atoms with van der Waals surface area (Å²) in [5.41, 5.74) is 6.34. The Kier molecular flexibility index (Phi) is 6.84. The quantitative estimate of drug-likeness (QED) is 0.647. The van der Waals surface area contributed by atoms with Gasteiger partial charge >= 0.3 is 6.18 Å². The first-order chi connectivity index (χ1) is 14.2. The summed E-state index contributed by atoms with van der Waals surface area (Å²) in [5, 5.41) is 0.307. The normalized spacial score (nSPS) is 13.7. The average molecular weight is 442 g/mol. The lowest BCUT2D eigenvalue weighted by Gasteiger charge is -2.14. The van der Waals surface area contributed by atoms with Crippen LogP contribution in [0.5, 0.6) is 5.75 Å². The van der Waals surface area contributed by atoms with Crippen LogP contribution in [0.1, 0.15) is 23.3 Å². The molecule has 1 aliphatic heterocycles. The van der Waals surface area contributed by atoms with Crippen molar-refractivity contribution in [3.8, 4) is 16.9 Å². The number of carbonyl (C=O) groups excluding carboxylic acids is 1. The average Bonchev–Trinajstić information content (AvgIpc) is 3.38. The van der Waals surface area contributed by atoms with Crippen molar-refractivity contribution in [3.63, 3.8) is 0 Å². The van der Waals surface area contributed by atoms with E-state index in [9.17, 15) is 18.0 Å². The SMILES string of the molecule is C1CCOC1.NC(=O)c1cn2cc(Cl)cc(-c3ccccc3OCC(F)(F)F)c2n1. The fourth-order valence-electron chi connectivity index (χ4n) is 2.87. The molecule has 0 saturated carbocycles. The molecule has 0 spiro atoms. The minimum absolute atomic E-state index is 0.0113. The number of ether oxygens (including phenoxy) is 2. The molecular formula is C20H19ClF3N3O3. The number of nitrogens with two attached hydrogens (primary N) is 1. The molecule has 3 heterocycles. The van der Waals surface area contributed by atoms with Crippen LogP contribution in [0.2, 0.25) is 5.02 Å². The highest BCUT2D eigenvalue weighted by molar-refractivity contribution is 6.31. The number of pyridine rings is 1. The molecule has 0 aliphatic carbocycles. The summed E-state index contributed by atoms with van der Waals surface area (Å²) < 4.78 is 48.7. The third-order valence-corrected chi connectivity index (χ3v) is 4.37. The molecule has 1 saturated heterocycles. The van der Waals surface area contributed by atoms with Gasteiger partial charge in [-0.25, -0.2) is 4.98 Å². The minimum Gasteiger partial charge on any atom is -0.483 e. The smallest absolute Gasteiger partial charge is 0.422 e. The zero-order valence-corrected chi connectivity index (χ0v) is 16.5. The number of halogens is 4. The summed E-state index contributed by atoms with van der Waals surface area (Å²) in [6, 6.07) is 7.72. The number of imidazole rings is 1. The third kappa shape index (κ3) is 5.64. The number of fused-ring (bicyclic) bond motifs is 1. The second kappa shape index (κ2) is 9.36. The lowest BCUT2D eigenvalue weighted by Crippen LogP contribution is -2.19. The number of para-hydroxylation sites is 1. The van der Waals surface area contributed by atoms with Crippen molar-refractivity contribution in [2.45, 2.75) is 19.0 Å². The zero-order valence-electron chi connectivity index (χ0n) is 15.8. The topological polar surface area (TPSA) is 78.9 Å². The van der Waals surface area contributed by atoms with Gasteiger partial charge in [0.15, 0.2) is 6.61 Å². The third-order valence-electron chi connectivity index (χ3n) is 4.17. The number of nitrogens with zero attached hydrogens (tertiary/aromatic N) is 2. The van der Waals surface area contributed by atoms with Gasteiger partial charge in [-0.3, -0.25) is 4.79 Å². The molecule has 1 amide bonds. The Morgan fingerprint density at radius 3 is 2.50 bits per heavy atom. The van der Waals surface area contributed by atoms with Crippen molar-refractivity contribution in [1.82, 2.24) is 9.38 Å². The molecule has 0 bridgehead atoms. The van der Waals surface area contributed by atoms with Gasteiger partial charge in [0.2, 0.25) is 0 Å². The molecule has 10 heteroatoms. The van der Waals surface area contributed by atoms with E-state index in [1.54, 1.807) is 18.2 Å². The van der Waals surface area contributed by atoms with E-state index in [0.717, 1.165) is 13.2 Å². The maximum absolute atomic E-state index is 12.5. The number of carbonyl (C=O) groups is 1. The van der Waals surface area contributed by atoms with Gasteiger partial charge in [-0.1, -0.05) is 29.8 Å². The van der Waals surface area contributed by atoms with Gasteiger partial charge in [0, 0.05) is 36.7 Å². The molecule has 2 N–H and O–H groups in total. The van der Waals surface area contributed by atoms with Gasteiger partial charge in [-0.05, 0) is 25.0 Å². The predicted octanol–water partition coefficient (Wildman–Crippen LogP) is 4.49. The number of hydrogen-bond acceptors (Lipinski definition) is 4. The zero-order chi connectivity index (χ0) is 21.7. The Morgan fingerprint density at radius 2 is 1.90 bits per heavy atom. The van der Waals surface area contributed by atoms with Crippen LogP contribution in [-0.2, 0) is 4.74 Å². The lowest BCUT2D eigenvalue weighted by molar-refractivity contribution is -0.153. The minimum atomic E-state index is -4.47. The number of rotatable bonds is 4. The van der Waals surface area contributed by atoms with Gasteiger partial charge in [0.05, 0.1) is 5.02 Å². The molecule has 1 fully saturated rings. The second-order valence-electron chi connectivity index (χ2n) is 6.51. The van der Waals surface area contributed by atoms with Gasteiger partial charge in [-0.2, -0.15) is 13.2 Å². The van der Waals surface area contributed by atoms with Gasteiger partial charge in [0.1, 0.15) is 17.1 Å². The van der Waals surface area contributed by atoms with Gasteiger partial charge in [0.25, 0.3) is 5.91 Å². The number of primary amides is 1. The molecule has 3 aromatic rings. The number of hydrogen-bond donors (Lipinski definition) is 1. The second-order valence-corrected chi connectivity index (χ2v) is 6.95. The van der Waals surface area contributed by atoms with Crippen LogP contribution in [0, 0.1) is 0 Å². The van der Waals surface area contributed by atoms with Crippen molar-refractivity contribution < 1.29 is 27.4 Å². The Morgan fingerprint density at radius 1 is 1.20 bits per heavy atom. The van der Waals surface area contributed by atoms with Crippen LogP contribution in [0.3, 0.4) is 0 Å². The van der Waals surface area contributed by atoms with Gasteiger partial charge < -0.3 is 19.6 Å². The summed E-state index contributed by atoms with van der Waals surface area (Å²) in [6.07, 6.45) is 0.994. The molecule has 0 unspecified atom stereocenters. The summed E-state index contributed by atoms with van der Waals surface area (Å²) in [7, 11) is 0. The van der Waals surface area contributed by atoms with Crippen molar-refractivity contribution in [3.05, 3.63) is 53.4 Å². The maximum Gasteiger partial charge on any atom is 0.422 e. The molecule has 2 aromatic heterocycles. The highest BCUT2D eigenvalue weighted by Crippen LogP contribution is 2.35. The van der Waals surface area contributed by atoms with E-state index in [4.69, 9.17) is 26.8 Å². The van der Waals surface area contributed by atoms with E-state index in [2.05, 4.69) is 4.98 Å². The molecule has 1 aliphatic rings. The van der Waals surface area contributed by atoms with Crippen LogP contribution >= 0.6 is 11.6 Å². The molecular weight excluding hydrogens is 423 g/mol. The summed E-state index contributed by atoms with van der Waals surface area (Å²) >= 11 is 6.08. The highest BCUT2D eigenvalue weighted by atomic mass is 35.5. The lowest BCUT2D eigenvalue weighted by atomic mass is 10.1. The van der Waals surface area contributed by atoms with Crippen LogP contribution in [0.25, 0.3) is 16.8 Å². The molecule has 0 radical (unpaired) electrons. The molecule has 160 valence electrons. The Balaban J connectivity index is 0.000000448. The van der Waals surface area contributed by atoms with E-state index < -0.39 is 18.7 Å². The predicted molar refractivity (Wildman–Crippen MR) is 106 cm³/mol. The molecule has 30 heavy (non-hydrogen) atoms. The fourth-order valence-corrected chi connectivity index (χ4v) is 3.08. The van der Waals surface area contributed by atoms with E-state index in [-0.39, 0.29) is 11.4 Å². The first-order valence-electron chi connectivity index (χ1n) is 9.09. The standard InChI is InChI=1S/C16H11ClF3N3O2.C4H8O/c17-9-5-11(15-22-12(14(21)24)7-23(15)6-9)10-3-1-2-4-13(10)25-8-16(18,19)20;1-2-4-5-3-1/h1-7H,8H2,(H2,21,24);1-4H2. The maximum atomic E-state index is 12.5. The van der Waals surface area contributed by atoms with E-state index in [0.29, 0.717) is 21.8 Å². The molecule has 6 nitrogen and oxygen atoms in total. The summed E-state index contributed by atoms with van der Waals surface area (Å²) in [6.45, 7) is 0.571. The van der Waals surface area contributed by atoms with Crippen LogP contribution in [-0.4, -0.2) is 41.3 Å². The molecule has 1 aromatic carbocycles. The number of aromatic nitrogens is 2. The highest BCUT2D eigenvalue weighted by Gasteiger charge is 2.29. The van der Waals surface area contributed by atoms with Crippen LogP contribution in [0.4, 0.5) is 13.2 Å². The van der Waals surface area contributed by atoms with E-state index in [1.165, 1.54) is 41.8 Å². The first kappa shape index (κ1) is 21.9. The molecule has 0 atom stereocenters. The Labute approximate surface area is 175 Å². The summed E-state index contributed by atoms with van der Waals surface area (Å²) in [5.74, 6) is -0.708. The monoisotopic (exact) mass is 441 g/mol. The van der Waals surface area contributed by atoms with Gasteiger partial charge in [-0.15, -0.1) is 0 Å². The first-order valence-corrected chi connectivity index (χ1v) is 9.47. The Bertz CT molecular complexity index is 1030. The van der Waals surface area contributed by atoms with Crippen LogP contribution < -0.4 is 10.5 Å². The van der Waals surface area contributed by atoms with E-state index in [1.807, 2.05) is 0 Å². The van der Waals surface area contributed by atoms with Crippen molar-refractivity contribution >= 4 is 23.2 Å². The number of alkyl halides is 3. The van der Waals surface area contributed by atoms with Crippen molar-refractivity contribution in [1.29, 1.82) is 0 Å². The molecule has 4 rings (SSSR count). The van der Waals surface area contributed by atoms with Crippen molar-refractivity contribution in [2.24, 2.45) is 5.73 Å². The van der Waals surface area contributed by atoms with E-state index >= 15 is 0 Å². The number of benzene rings is 1. The fraction of sp³-hybridized carbons (Fsp3) is 0.300. The number of amides is 1. The Hall–Kier alpha value is -2.78. The van der Waals surface area contributed by atoms with Crippen LogP contribution in [0.15, 0.2) is 42.7 Å².